The largest absolute Gasteiger partial charge is 0.472 e. The van der Waals surface area contributed by atoms with Crippen LogP contribution in [0.3, 0.4) is 0 Å². The molecular formula is C37H73NO8P+. The van der Waals surface area contributed by atoms with Crippen LogP contribution >= 0.6 is 7.82 Å². The number of carbonyl (C=O) groups excluding carboxylic acids is 1. The molecule has 0 aliphatic heterocycles. The van der Waals surface area contributed by atoms with Gasteiger partial charge in [-0.25, -0.2) is 4.57 Å². The molecule has 47 heavy (non-hydrogen) atoms. The van der Waals surface area contributed by atoms with Crippen LogP contribution in [0, 0.1) is 0 Å². The Kier molecular flexibility index (Phi) is 30.3. The minimum absolute atomic E-state index is 0.0476. The van der Waals surface area contributed by atoms with Crippen molar-refractivity contribution in [1.29, 1.82) is 0 Å². The molecule has 10 heteroatoms. The van der Waals surface area contributed by atoms with E-state index < -0.39 is 20.2 Å². The van der Waals surface area contributed by atoms with Gasteiger partial charge in [0.2, 0.25) is 0 Å². The lowest BCUT2D eigenvalue weighted by Gasteiger charge is -2.25. The summed E-state index contributed by atoms with van der Waals surface area (Å²) in [5, 5.41) is 10.5. The van der Waals surface area contributed by atoms with Gasteiger partial charge in [0, 0.05) is 6.42 Å². The van der Waals surface area contributed by atoms with Gasteiger partial charge in [0.15, 0.2) is 6.29 Å². The first-order valence-corrected chi connectivity index (χ1v) is 20.2. The monoisotopic (exact) mass is 691 g/mol. The summed E-state index contributed by atoms with van der Waals surface area (Å²) in [6, 6.07) is 0. The maximum atomic E-state index is 12.4. The third kappa shape index (κ3) is 34.6. The summed E-state index contributed by atoms with van der Waals surface area (Å²) in [5.74, 6) is -0.346. The first-order valence-electron chi connectivity index (χ1n) is 18.7. The molecule has 0 fully saturated rings. The molecular weight excluding hydrogens is 617 g/mol. The van der Waals surface area contributed by atoms with Gasteiger partial charge in [-0.2, -0.15) is 0 Å². The zero-order valence-electron chi connectivity index (χ0n) is 30.9. The minimum atomic E-state index is -4.33. The molecule has 0 aromatic rings. The van der Waals surface area contributed by atoms with Crippen molar-refractivity contribution in [2.75, 3.05) is 47.5 Å². The fourth-order valence-electron chi connectivity index (χ4n) is 4.86. The van der Waals surface area contributed by atoms with E-state index in [0.29, 0.717) is 23.9 Å². The number of ether oxygens (including phenoxy) is 2. The second-order valence-electron chi connectivity index (χ2n) is 13.8. The number of phosphoric acid groups is 1. The molecule has 0 saturated heterocycles. The van der Waals surface area contributed by atoms with Crippen LogP contribution in [0.1, 0.15) is 149 Å². The molecule has 0 saturated carbocycles. The Morgan fingerprint density at radius 3 is 1.91 bits per heavy atom. The van der Waals surface area contributed by atoms with Crippen LogP contribution in [0.4, 0.5) is 0 Å². The Morgan fingerprint density at radius 2 is 1.30 bits per heavy atom. The summed E-state index contributed by atoms with van der Waals surface area (Å²) in [6.07, 6.45) is 29.0. The van der Waals surface area contributed by atoms with Gasteiger partial charge in [0.25, 0.3) is 0 Å². The highest BCUT2D eigenvalue weighted by molar-refractivity contribution is 7.47. The van der Waals surface area contributed by atoms with Crippen LogP contribution < -0.4 is 0 Å². The number of esters is 1. The summed E-state index contributed by atoms with van der Waals surface area (Å²) in [6.45, 7) is 4.47. The zero-order valence-corrected chi connectivity index (χ0v) is 31.8. The van der Waals surface area contributed by atoms with E-state index in [4.69, 9.17) is 18.5 Å². The molecule has 0 aliphatic carbocycles. The number of unbranched alkanes of at least 4 members (excludes halogenated alkanes) is 15. The second kappa shape index (κ2) is 31.0. The molecule has 3 atom stereocenters. The van der Waals surface area contributed by atoms with E-state index in [-0.39, 0.29) is 25.8 Å². The number of allylic oxidation sites excluding steroid dienone is 4. The first-order chi connectivity index (χ1) is 22.5. The summed E-state index contributed by atoms with van der Waals surface area (Å²) in [4.78, 5) is 22.5. The van der Waals surface area contributed by atoms with Crippen molar-refractivity contribution in [2.45, 2.75) is 161 Å². The fourth-order valence-corrected chi connectivity index (χ4v) is 5.60. The van der Waals surface area contributed by atoms with Crippen molar-refractivity contribution in [1.82, 2.24) is 0 Å². The average molecular weight is 691 g/mol. The number of hydrogen-bond acceptors (Lipinski definition) is 7. The van der Waals surface area contributed by atoms with E-state index in [9.17, 15) is 19.4 Å². The van der Waals surface area contributed by atoms with Crippen LogP contribution in [0.25, 0.3) is 0 Å². The Morgan fingerprint density at radius 1 is 0.723 bits per heavy atom. The summed E-state index contributed by atoms with van der Waals surface area (Å²) in [5.41, 5.74) is 0. The molecule has 0 bridgehead atoms. The van der Waals surface area contributed by atoms with E-state index in [1.807, 2.05) is 21.1 Å². The van der Waals surface area contributed by atoms with Gasteiger partial charge in [-0.1, -0.05) is 122 Å². The number of rotatable bonds is 34. The number of hydrogen-bond donors (Lipinski definition) is 2. The number of aliphatic hydroxyl groups is 1. The molecule has 0 spiro atoms. The van der Waals surface area contributed by atoms with Crippen LogP contribution in [-0.2, 0) is 27.9 Å². The van der Waals surface area contributed by atoms with Gasteiger partial charge in [0.05, 0.1) is 27.7 Å². The van der Waals surface area contributed by atoms with Gasteiger partial charge >= 0.3 is 13.8 Å². The normalized spacial score (nSPS) is 15.0. The summed E-state index contributed by atoms with van der Waals surface area (Å²) >= 11 is 0. The van der Waals surface area contributed by atoms with Gasteiger partial charge in [-0.3, -0.25) is 13.8 Å². The van der Waals surface area contributed by atoms with Crippen molar-refractivity contribution in [3.63, 3.8) is 0 Å². The predicted molar refractivity (Wildman–Crippen MR) is 193 cm³/mol. The molecule has 0 rings (SSSR count). The molecule has 0 aromatic heterocycles. The van der Waals surface area contributed by atoms with E-state index in [1.54, 1.807) is 0 Å². The third-order valence-corrected chi connectivity index (χ3v) is 8.82. The Hall–Kier alpha value is -1.06. The number of aliphatic hydroxyl groups excluding tert-OH is 1. The Bertz CT molecular complexity index is 830. The van der Waals surface area contributed by atoms with Crippen molar-refractivity contribution >= 4 is 13.8 Å². The first kappa shape index (κ1) is 45.9. The van der Waals surface area contributed by atoms with Crippen LogP contribution in [-0.4, -0.2) is 80.4 Å². The number of quaternary nitrogens is 1. The highest BCUT2D eigenvalue weighted by atomic mass is 31.2. The predicted octanol–water partition coefficient (Wildman–Crippen LogP) is 9.42. The highest BCUT2D eigenvalue weighted by Crippen LogP contribution is 2.43. The van der Waals surface area contributed by atoms with E-state index in [1.165, 1.54) is 51.4 Å². The van der Waals surface area contributed by atoms with Crippen molar-refractivity contribution in [2.24, 2.45) is 0 Å². The number of nitrogens with zero attached hydrogens (tertiary/aromatic N) is 1. The fraction of sp³-hybridized carbons (Fsp3) is 0.865. The van der Waals surface area contributed by atoms with Crippen molar-refractivity contribution < 1.29 is 42.4 Å². The second-order valence-corrected chi connectivity index (χ2v) is 15.2. The summed E-state index contributed by atoms with van der Waals surface area (Å²) in [7, 11) is 1.52. The maximum absolute atomic E-state index is 12.4. The Balaban J connectivity index is 4.47. The van der Waals surface area contributed by atoms with Gasteiger partial charge < -0.3 is 24.0 Å². The van der Waals surface area contributed by atoms with E-state index in [0.717, 1.165) is 70.6 Å². The smallest absolute Gasteiger partial charge is 0.463 e. The number of likely N-dealkylation sites (N-methyl/N-ethyl adjacent to an activating group) is 1. The van der Waals surface area contributed by atoms with Crippen LogP contribution in [0.15, 0.2) is 24.3 Å². The Labute approximate surface area is 288 Å². The molecule has 0 aliphatic rings. The van der Waals surface area contributed by atoms with Crippen molar-refractivity contribution in [3.05, 3.63) is 24.3 Å². The lowest BCUT2D eigenvalue weighted by molar-refractivity contribution is -0.870. The van der Waals surface area contributed by atoms with Crippen LogP contribution in [0.2, 0.25) is 0 Å². The van der Waals surface area contributed by atoms with Crippen LogP contribution in [0.5, 0.6) is 0 Å². The molecule has 0 heterocycles. The standard InChI is InChI=1S/C37H72NO8P/c1-6-8-10-12-14-16-18-19-20-22-24-26-28-30-37(40)46-35(34-45-47(41,42)44-32-31-38(3,4)5)33-43-36(39)29-27-25-23-21-17-15-13-11-9-7-2/h10,12,16,18,35,37,40H,6-9,11,13-15,17,19-34H2,1-5H3/p+1/b12-10+,18-16-/t35-,37?/m1/s1. The van der Waals surface area contributed by atoms with E-state index in [2.05, 4.69) is 38.2 Å². The molecule has 0 radical (unpaired) electrons. The maximum Gasteiger partial charge on any atom is 0.472 e. The number of carbonyl (C=O) groups is 1. The number of phosphoric ester groups is 1. The molecule has 2 unspecified atom stereocenters. The summed E-state index contributed by atoms with van der Waals surface area (Å²) < 4.78 is 34.4. The lowest BCUT2D eigenvalue weighted by atomic mass is 10.1. The molecule has 278 valence electrons. The van der Waals surface area contributed by atoms with E-state index >= 15 is 0 Å². The highest BCUT2D eigenvalue weighted by Gasteiger charge is 2.26. The van der Waals surface area contributed by atoms with Gasteiger partial charge in [-0.15, -0.1) is 0 Å². The molecule has 2 N–H and O–H groups in total. The van der Waals surface area contributed by atoms with Crippen molar-refractivity contribution in [3.8, 4) is 0 Å². The molecule has 0 amide bonds. The molecule has 9 nitrogen and oxygen atoms in total. The van der Waals surface area contributed by atoms with Gasteiger partial charge in [-0.05, 0) is 44.9 Å². The lowest BCUT2D eigenvalue weighted by Crippen LogP contribution is -2.37. The van der Waals surface area contributed by atoms with Gasteiger partial charge in [0.1, 0.15) is 25.9 Å². The average Bonchev–Trinajstić information content (AvgIpc) is 3.01. The zero-order chi connectivity index (χ0) is 35.1. The quantitative estimate of drug-likeness (QED) is 0.0172. The SMILES string of the molecule is CCC/C=C/C/C=C\CCCCCCCC(O)O[C@H](COC(=O)CCCCCCCCCCCC)COP(=O)(O)OCC[N+](C)(C)C. The molecule has 0 aromatic carbocycles. The third-order valence-electron chi connectivity index (χ3n) is 7.84. The topological polar surface area (TPSA) is 112 Å². The minimum Gasteiger partial charge on any atom is -0.463 e.